The van der Waals surface area contributed by atoms with Gasteiger partial charge in [0.15, 0.2) is 5.17 Å². The zero-order valence-corrected chi connectivity index (χ0v) is 15.0. The minimum Gasteiger partial charge on any atom is -0.366 e. The predicted octanol–water partition coefficient (Wildman–Crippen LogP) is 3.05. The molecular formula is C16H17F3N4O3S. The summed E-state index contributed by atoms with van der Waals surface area (Å²) >= 11 is 1.48. The molecule has 1 N–H and O–H groups in total. The molecule has 0 bridgehead atoms. The number of amides is 1. The third kappa shape index (κ3) is 4.52. The van der Waals surface area contributed by atoms with Gasteiger partial charge in [-0.15, -0.1) is 0 Å². The number of piperidine rings is 1. The predicted molar refractivity (Wildman–Crippen MR) is 95.9 cm³/mol. The van der Waals surface area contributed by atoms with Gasteiger partial charge in [0, 0.05) is 30.8 Å². The zero-order valence-electron chi connectivity index (χ0n) is 14.2. The topological polar surface area (TPSA) is 87.8 Å². The zero-order chi connectivity index (χ0) is 19.6. The third-order valence-electron chi connectivity index (χ3n) is 4.52. The molecule has 0 radical (unpaired) electrons. The monoisotopic (exact) mass is 402 g/mol. The smallest absolute Gasteiger partial charge is 0.366 e. The lowest BCUT2D eigenvalue weighted by molar-refractivity contribution is -0.384. The second-order valence-corrected chi connectivity index (χ2v) is 7.33. The Balaban J connectivity index is 1.68. The van der Waals surface area contributed by atoms with Gasteiger partial charge in [0.1, 0.15) is 5.69 Å². The molecule has 2 aliphatic rings. The number of nitrogens with one attached hydrogen (secondary N) is 1. The Morgan fingerprint density at radius 3 is 2.59 bits per heavy atom. The van der Waals surface area contributed by atoms with Crippen LogP contribution in [0.25, 0.3) is 0 Å². The first-order valence-corrected chi connectivity index (χ1v) is 9.33. The van der Waals surface area contributed by atoms with Gasteiger partial charge < -0.3 is 10.2 Å². The lowest BCUT2D eigenvalue weighted by Crippen LogP contribution is -2.41. The van der Waals surface area contributed by atoms with E-state index in [2.05, 4.69) is 10.3 Å². The van der Waals surface area contributed by atoms with Crippen LogP contribution in [0.2, 0.25) is 0 Å². The Labute approximate surface area is 157 Å². The molecule has 0 aliphatic carbocycles. The molecule has 0 saturated carbocycles. The molecule has 0 spiro atoms. The maximum Gasteiger partial charge on any atom is 0.416 e. The summed E-state index contributed by atoms with van der Waals surface area (Å²) in [5, 5.41) is 14.6. The van der Waals surface area contributed by atoms with Gasteiger partial charge in [-0.05, 0) is 25.0 Å². The minimum atomic E-state index is -4.64. The second-order valence-electron chi connectivity index (χ2n) is 6.24. The van der Waals surface area contributed by atoms with Gasteiger partial charge in [-0.25, -0.2) is 0 Å². The molecule has 2 heterocycles. The average Bonchev–Trinajstić information content (AvgIpc) is 3.13. The lowest BCUT2D eigenvalue weighted by Gasteiger charge is -2.32. The third-order valence-corrected chi connectivity index (χ3v) is 5.41. The van der Waals surface area contributed by atoms with Gasteiger partial charge in [0.2, 0.25) is 5.91 Å². The molecule has 1 amide bonds. The molecular weight excluding hydrogens is 385 g/mol. The Kier molecular flexibility index (Phi) is 5.59. The number of amidine groups is 1. The van der Waals surface area contributed by atoms with Crippen LogP contribution < -0.4 is 10.2 Å². The number of aliphatic imine (C=N–C) groups is 1. The van der Waals surface area contributed by atoms with Crippen LogP contribution in [0.3, 0.4) is 0 Å². The van der Waals surface area contributed by atoms with Gasteiger partial charge in [0.25, 0.3) is 5.69 Å². The SMILES string of the molecule is O=C(NC1=NCCS1)C1CCN(c2ccc(C(F)(F)F)cc2[N+](=O)[O-])CC1. The van der Waals surface area contributed by atoms with Crippen LogP contribution in [0, 0.1) is 16.0 Å². The fourth-order valence-corrected chi connectivity index (χ4v) is 3.85. The lowest BCUT2D eigenvalue weighted by atomic mass is 9.95. The second kappa shape index (κ2) is 7.75. The first kappa shape index (κ1) is 19.5. The Morgan fingerprint density at radius 1 is 1.33 bits per heavy atom. The van der Waals surface area contributed by atoms with E-state index in [1.807, 2.05) is 0 Å². The number of hydrogen-bond donors (Lipinski definition) is 1. The standard InChI is InChI=1S/C16H17F3N4O3S/c17-16(18,19)11-1-2-12(13(9-11)23(25)26)22-6-3-10(4-7-22)14(24)21-15-20-5-8-27-15/h1-2,9-10H,3-8H2,(H,20,21,24). The summed E-state index contributed by atoms with van der Waals surface area (Å²) in [4.78, 5) is 28.5. The summed E-state index contributed by atoms with van der Waals surface area (Å²) in [5.74, 6) is 0.453. The molecule has 0 unspecified atom stereocenters. The highest BCUT2D eigenvalue weighted by atomic mass is 32.2. The Bertz CT molecular complexity index is 777. The number of nitro groups is 1. The van der Waals surface area contributed by atoms with Gasteiger partial charge >= 0.3 is 6.18 Å². The summed E-state index contributed by atoms with van der Waals surface area (Å²) < 4.78 is 38.5. The van der Waals surface area contributed by atoms with Crippen molar-refractivity contribution < 1.29 is 22.9 Å². The first-order valence-electron chi connectivity index (χ1n) is 8.34. The van der Waals surface area contributed by atoms with E-state index in [9.17, 15) is 28.1 Å². The number of nitro benzene ring substituents is 1. The van der Waals surface area contributed by atoms with Crippen LogP contribution in [0.5, 0.6) is 0 Å². The van der Waals surface area contributed by atoms with Crippen molar-refractivity contribution in [3.8, 4) is 0 Å². The fourth-order valence-electron chi connectivity index (χ4n) is 3.11. The highest BCUT2D eigenvalue weighted by Crippen LogP contribution is 2.37. The Morgan fingerprint density at radius 2 is 2.04 bits per heavy atom. The fraction of sp³-hybridized carbons (Fsp3) is 0.500. The van der Waals surface area contributed by atoms with E-state index in [1.54, 1.807) is 4.90 Å². The number of anilines is 1. The van der Waals surface area contributed by atoms with E-state index < -0.39 is 22.4 Å². The highest BCUT2D eigenvalue weighted by Gasteiger charge is 2.35. The van der Waals surface area contributed by atoms with Gasteiger partial charge in [0.05, 0.1) is 17.0 Å². The van der Waals surface area contributed by atoms with Crippen molar-refractivity contribution in [2.24, 2.45) is 10.9 Å². The van der Waals surface area contributed by atoms with Crippen molar-refractivity contribution >= 4 is 34.2 Å². The molecule has 1 fully saturated rings. The van der Waals surface area contributed by atoms with Crippen molar-refractivity contribution in [3.05, 3.63) is 33.9 Å². The van der Waals surface area contributed by atoms with Crippen molar-refractivity contribution in [2.75, 3.05) is 30.3 Å². The van der Waals surface area contributed by atoms with Crippen LogP contribution in [0.4, 0.5) is 24.5 Å². The molecule has 1 saturated heterocycles. The van der Waals surface area contributed by atoms with Crippen LogP contribution >= 0.6 is 11.8 Å². The van der Waals surface area contributed by atoms with E-state index in [0.717, 1.165) is 17.9 Å². The van der Waals surface area contributed by atoms with Gasteiger partial charge in [-0.3, -0.25) is 19.9 Å². The maximum absolute atomic E-state index is 12.8. The van der Waals surface area contributed by atoms with Crippen molar-refractivity contribution in [2.45, 2.75) is 19.0 Å². The molecule has 2 aliphatic heterocycles. The average molecular weight is 402 g/mol. The number of halogens is 3. The van der Waals surface area contributed by atoms with E-state index >= 15 is 0 Å². The summed E-state index contributed by atoms with van der Waals surface area (Å²) in [6, 6.07) is 2.53. The van der Waals surface area contributed by atoms with E-state index in [-0.39, 0.29) is 17.5 Å². The molecule has 11 heteroatoms. The molecule has 0 atom stereocenters. The largest absolute Gasteiger partial charge is 0.416 e. The number of hydrogen-bond acceptors (Lipinski definition) is 6. The number of alkyl halides is 3. The van der Waals surface area contributed by atoms with Crippen molar-refractivity contribution in [1.82, 2.24) is 5.32 Å². The summed E-state index contributed by atoms with van der Waals surface area (Å²) in [6.45, 7) is 1.38. The normalized spacial score (nSPS) is 18.3. The number of benzene rings is 1. The number of thioether (sulfide) groups is 1. The van der Waals surface area contributed by atoms with Crippen molar-refractivity contribution in [3.63, 3.8) is 0 Å². The molecule has 1 aromatic rings. The highest BCUT2D eigenvalue weighted by molar-refractivity contribution is 8.14. The van der Waals surface area contributed by atoms with Crippen LogP contribution in [-0.4, -0.2) is 41.4 Å². The molecule has 0 aromatic heterocycles. The number of carbonyl (C=O) groups is 1. The van der Waals surface area contributed by atoms with E-state index in [0.29, 0.717) is 43.7 Å². The van der Waals surface area contributed by atoms with Crippen LogP contribution in [0.15, 0.2) is 23.2 Å². The number of carbonyl (C=O) groups excluding carboxylic acids is 1. The molecule has 27 heavy (non-hydrogen) atoms. The van der Waals surface area contributed by atoms with Gasteiger partial charge in [-0.2, -0.15) is 13.2 Å². The minimum absolute atomic E-state index is 0.135. The van der Waals surface area contributed by atoms with E-state index in [1.165, 1.54) is 11.8 Å². The summed E-state index contributed by atoms with van der Waals surface area (Å²) in [6.07, 6.45) is -3.72. The molecule has 3 rings (SSSR count). The van der Waals surface area contributed by atoms with E-state index in [4.69, 9.17) is 0 Å². The Hall–Kier alpha value is -2.30. The number of rotatable bonds is 3. The van der Waals surface area contributed by atoms with Crippen LogP contribution in [0.1, 0.15) is 18.4 Å². The summed E-state index contributed by atoms with van der Waals surface area (Å²) in [7, 11) is 0. The molecule has 7 nitrogen and oxygen atoms in total. The first-order chi connectivity index (χ1) is 12.8. The quantitative estimate of drug-likeness (QED) is 0.620. The summed E-state index contributed by atoms with van der Waals surface area (Å²) in [5.41, 5.74) is -1.49. The maximum atomic E-state index is 12.8. The molecule has 1 aromatic carbocycles. The number of nitrogens with zero attached hydrogens (tertiary/aromatic N) is 3. The molecule has 146 valence electrons. The van der Waals surface area contributed by atoms with Gasteiger partial charge in [-0.1, -0.05) is 11.8 Å². The van der Waals surface area contributed by atoms with Crippen LogP contribution in [-0.2, 0) is 11.0 Å². The van der Waals surface area contributed by atoms with Crippen molar-refractivity contribution in [1.29, 1.82) is 0 Å².